The summed E-state index contributed by atoms with van der Waals surface area (Å²) < 4.78 is 50.7. The number of esters is 1. The van der Waals surface area contributed by atoms with Crippen molar-refractivity contribution in [2.45, 2.75) is 32.9 Å². The van der Waals surface area contributed by atoms with E-state index in [4.69, 9.17) is 33.3 Å². The van der Waals surface area contributed by atoms with Crippen LogP contribution in [0.25, 0.3) is 11.3 Å². The molecule has 0 aliphatic carbocycles. The monoisotopic (exact) mass is 597 g/mol. The smallest absolute Gasteiger partial charge is 0.416 e. The number of thiocarbonyl (C=S) groups is 1. The first kappa shape index (κ1) is 30.7. The Morgan fingerprint density at radius 2 is 1.93 bits per heavy atom. The van der Waals surface area contributed by atoms with Gasteiger partial charge in [0.15, 0.2) is 16.6 Å². The van der Waals surface area contributed by atoms with Crippen molar-refractivity contribution in [2.75, 3.05) is 18.5 Å². The first-order chi connectivity index (χ1) is 18.9. The van der Waals surface area contributed by atoms with E-state index < -0.39 is 11.7 Å². The lowest BCUT2D eigenvalue weighted by molar-refractivity contribution is -0.143. The quantitative estimate of drug-likeness (QED) is 0.0872. The Bertz CT molecular complexity index is 1390. The molecule has 0 fully saturated rings. The molecule has 0 aliphatic rings. The number of nitrogens with zero attached hydrogens (tertiary/aromatic N) is 3. The summed E-state index contributed by atoms with van der Waals surface area (Å²) in [5.74, 6) is -0.148. The zero-order valence-corrected chi connectivity index (χ0v) is 23.4. The van der Waals surface area contributed by atoms with Crippen LogP contribution in [0.5, 0.6) is 11.5 Å². The summed E-state index contributed by atoms with van der Waals surface area (Å²) in [4.78, 5) is 11.5. The van der Waals surface area contributed by atoms with E-state index in [0.717, 1.165) is 12.1 Å². The second kappa shape index (κ2) is 13.5. The van der Waals surface area contributed by atoms with Gasteiger partial charge < -0.3 is 19.9 Å². The number of carbonyl (C=O) groups is 1. The Morgan fingerprint density at radius 3 is 2.58 bits per heavy atom. The summed E-state index contributed by atoms with van der Waals surface area (Å²) >= 11 is 11.4. The van der Waals surface area contributed by atoms with Gasteiger partial charge in [-0.15, -0.1) is 0 Å². The van der Waals surface area contributed by atoms with E-state index in [2.05, 4.69) is 20.9 Å². The molecule has 0 unspecified atom stereocenters. The number of nitrogens with one attached hydrogen (secondary N) is 2. The zero-order valence-electron chi connectivity index (χ0n) is 21.8. The van der Waals surface area contributed by atoms with Crippen LogP contribution in [0.2, 0.25) is 5.02 Å². The average Bonchev–Trinajstić information content (AvgIpc) is 3.20. The number of hydrazone groups is 1. The van der Waals surface area contributed by atoms with E-state index in [1.54, 1.807) is 39.1 Å². The third-order valence-electron chi connectivity index (χ3n) is 5.46. The number of aromatic hydroxyl groups is 1. The second-order valence-corrected chi connectivity index (χ2v) is 9.25. The lowest BCUT2D eigenvalue weighted by Crippen LogP contribution is -2.25. The molecule has 2 aromatic carbocycles. The highest BCUT2D eigenvalue weighted by atomic mass is 35.5. The number of hydrogen-bond acceptors (Lipinski definition) is 7. The minimum atomic E-state index is -4.47. The molecule has 3 aromatic rings. The molecule has 0 radical (unpaired) electrons. The van der Waals surface area contributed by atoms with Crippen molar-refractivity contribution in [2.24, 2.45) is 12.1 Å². The Balaban J connectivity index is 1.67. The molecule has 0 bridgehead atoms. The van der Waals surface area contributed by atoms with E-state index in [0.29, 0.717) is 35.1 Å². The van der Waals surface area contributed by atoms with Crippen molar-refractivity contribution in [3.8, 4) is 22.8 Å². The molecular formula is C26H27ClF3N5O4S. The van der Waals surface area contributed by atoms with E-state index in [-0.39, 0.29) is 47.0 Å². The fourth-order valence-corrected chi connectivity index (χ4v) is 3.90. The van der Waals surface area contributed by atoms with Crippen LogP contribution in [-0.4, -0.2) is 44.9 Å². The molecule has 14 heteroatoms. The zero-order chi connectivity index (χ0) is 29.4. The largest absolute Gasteiger partial charge is 0.504 e. The normalized spacial score (nSPS) is 11.7. The number of halogens is 4. The highest BCUT2D eigenvalue weighted by Gasteiger charge is 2.30. The van der Waals surface area contributed by atoms with Crippen LogP contribution in [0.4, 0.5) is 18.9 Å². The molecule has 3 rings (SSSR count). The molecule has 0 saturated heterocycles. The van der Waals surface area contributed by atoms with Gasteiger partial charge in [0.25, 0.3) is 0 Å². The SMILES string of the molecule is CCOC(=O)CCCOc1cc(Cl)ccc1NC(=S)N/N=C(\C)c1nn(C)c(-c2ccc(C(F)(F)F)cc2)c1O. The minimum absolute atomic E-state index is 0.0939. The Labute approximate surface area is 238 Å². The van der Waals surface area contributed by atoms with Crippen molar-refractivity contribution in [3.63, 3.8) is 0 Å². The third-order valence-corrected chi connectivity index (χ3v) is 5.88. The summed E-state index contributed by atoms with van der Waals surface area (Å²) in [6.45, 7) is 3.87. The summed E-state index contributed by atoms with van der Waals surface area (Å²) in [6.07, 6.45) is -3.81. The van der Waals surface area contributed by atoms with Crippen LogP contribution in [0.1, 0.15) is 37.9 Å². The molecule has 0 atom stereocenters. The van der Waals surface area contributed by atoms with Crippen LogP contribution in [-0.2, 0) is 22.8 Å². The van der Waals surface area contributed by atoms with Crippen LogP contribution < -0.4 is 15.5 Å². The van der Waals surface area contributed by atoms with Gasteiger partial charge in [-0.25, -0.2) is 0 Å². The number of alkyl halides is 3. The molecule has 1 heterocycles. The van der Waals surface area contributed by atoms with Crippen molar-refractivity contribution in [1.82, 2.24) is 15.2 Å². The molecule has 1 aromatic heterocycles. The maximum Gasteiger partial charge on any atom is 0.416 e. The average molecular weight is 598 g/mol. The first-order valence-electron chi connectivity index (χ1n) is 12.0. The molecular weight excluding hydrogens is 571 g/mol. The van der Waals surface area contributed by atoms with Gasteiger partial charge in [-0.3, -0.25) is 14.9 Å². The summed E-state index contributed by atoms with van der Waals surface area (Å²) in [7, 11) is 1.55. The van der Waals surface area contributed by atoms with Gasteiger partial charge in [0.2, 0.25) is 0 Å². The number of anilines is 1. The van der Waals surface area contributed by atoms with Gasteiger partial charge in [-0.2, -0.15) is 23.4 Å². The van der Waals surface area contributed by atoms with Crippen LogP contribution in [0.15, 0.2) is 47.6 Å². The van der Waals surface area contributed by atoms with Gasteiger partial charge in [0, 0.05) is 30.1 Å². The van der Waals surface area contributed by atoms with E-state index >= 15 is 0 Å². The fraction of sp³-hybridized carbons (Fsp3) is 0.308. The maximum atomic E-state index is 12.9. The van der Waals surface area contributed by atoms with Crippen LogP contribution in [0.3, 0.4) is 0 Å². The topological polar surface area (TPSA) is 110 Å². The van der Waals surface area contributed by atoms with Crippen LogP contribution in [0, 0.1) is 0 Å². The fourth-order valence-electron chi connectivity index (χ4n) is 3.59. The van der Waals surface area contributed by atoms with Gasteiger partial charge in [-0.1, -0.05) is 23.7 Å². The number of ether oxygens (including phenoxy) is 2. The van der Waals surface area contributed by atoms with Gasteiger partial charge in [-0.05, 0) is 56.8 Å². The molecule has 0 spiro atoms. The third kappa shape index (κ3) is 8.09. The predicted octanol–water partition coefficient (Wildman–Crippen LogP) is 5.90. The van der Waals surface area contributed by atoms with E-state index in [1.165, 1.54) is 16.8 Å². The predicted molar refractivity (Wildman–Crippen MR) is 150 cm³/mol. The number of aromatic nitrogens is 2. The number of hydrogen-bond donors (Lipinski definition) is 3. The molecule has 0 aliphatic heterocycles. The Morgan fingerprint density at radius 1 is 1.23 bits per heavy atom. The lowest BCUT2D eigenvalue weighted by atomic mass is 10.1. The van der Waals surface area contributed by atoms with Gasteiger partial charge in [0.05, 0.1) is 30.2 Å². The number of rotatable bonds is 10. The van der Waals surface area contributed by atoms with Gasteiger partial charge in [0.1, 0.15) is 11.4 Å². The molecule has 214 valence electrons. The molecule has 3 N–H and O–H groups in total. The Hall–Kier alpha value is -3.84. The Kier molecular flexibility index (Phi) is 10.3. The van der Waals surface area contributed by atoms with Crippen molar-refractivity contribution < 1.29 is 32.5 Å². The number of aryl methyl sites for hydroxylation is 1. The summed E-state index contributed by atoms with van der Waals surface area (Å²) in [5, 5.41) is 22.7. The second-order valence-electron chi connectivity index (χ2n) is 8.41. The van der Waals surface area contributed by atoms with E-state index in [9.17, 15) is 23.1 Å². The van der Waals surface area contributed by atoms with Crippen LogP contribution >= 0.6 is 23.8 Å². The molecule has 0 amide bonds. The highest BCUT2D eigenvalue weighted by Crippen LogP contribution is 2.35. The van der Waals surface area contributed by atoms with E-state index in [1.807, 2.05) is 0 Å². The van der Waals surface area contributed by atoms with Gasteiger partial charge >= 0.3 is 12.1 Å². The number of carbonyl (C=O) groups excluding carboxylic acids is 1. The summed E-state index contributed by atoms with van der Waals surface area (Å²) in [5.41, 5.74) is 3.32. The lowest BCUT2D eigenvalue weighted by Gasteiger charge is -2.14. The van der Waals surface area contributed by atoms with Crippen molar-refractivity contribution >= 4 is 46.3 Å². The van der Waals surface area contributed by atoms with Crippen molar-refractivity contribution in [1.29, 1.82) is 0 Å². The number of benzene rings is 2. The first-order valence-corrected chi connectivity index (χ1v) is 12.8. The maximum absolute atomic E-state index is 12.9. The highest BCUT2D eigenvalue weighted by molar-refractivity contribution is 7.80. The minimum Gasteiger partial charge on any atom is -0.504 e. The molecule has 0 saturated carbocycles. The standard InChI is InChI=1S/C26H27ClF3N5O4S/c1-4-38-21(36)6-5-13-39-20-14-18(27)11-12-19(20)31-25(40)33-32-15(2)22-24(37)23(35(3)34-22)16-7-9-17(10-8-16)26(28,29)30/h7-12,14,37H,4-6,13H2,1-3H3,(H2,31,33,40)/b32-15+. The van der Waals surface area contributed by atoms with Crippen molar-refractivity contribution in [3.05, 3.63) is 58.7 Å². The summed E-state index contributed by atoms with van der Waals surface area (Å²) in [6, 6.07) is 9.29. The molecule has 9 nitrogen and oxygen atoms in total. The molecule has 40 heavy (non-hydrogen) atoms.